The summed E-state index contributed by atoms with van der Waals surface area (Å²) in [7, 11) is 0. The van der Waals surface area contributed by atoms with Crippen LogP contribution >= 0.6 is 34.8 Å². The molecule has 0 spiro atoms. The first-order chi connectivity index (χ1) is 11.0. The number of H-pyrrole nitrogens is 1. The molecule has 0 atom stereocenters. The van der Waals surface area contributed by atoms with Crippen LogP contribution in [0.25, 0.3) is 22.0 Å². The average molecular weight is 366 g/mol. The number of aromatic nitrogens is 2. The zero-order chi connectivity index (χ0) is 16.6. The van der Waals surface area contributed by atoms with Gasteiger partial charge in [0.05, 0.1) is 26.0 Å². The summed E-state index contributed by atoms with van der Waals surface area (Å²) in [6.07, 6.45) is 1.67. The molecule has 1 aromatic heterocycles. The number of aromatic amines is 1. The highest BCUT2D eigenvalue weighted by molar-refractivity contribution is 6.50. The summed E-state index contributed by atoms with van der Waals surface area (Å²) in [6.45, 7) is 1.90. The van der Waals surface area contributed by atoms with E-state index >= 15 is 0 Å². The highest BCUT2D eigenvalue weighted by atomic mass is 35.5. The van der Waals surface area contributed by atoms with Crippen molar-refractivity contribution in [3.8, 4) is 0 Å². The molecule has 0 fully saturated rings. The van der Waals surface area contributed by atoms with Crippen LogP contribution in [-0.4, -0.2) is 9.97 Å². The monoisotopic (exact) mass is 364 g/mol. The molecule has 2 aromatic carbocycles. The van der Waals surface area contributed by atoms with Crippen LogP contribution < -0.4 is 5.56 Å². The number of hydrogen-bond acceptors (Lipinski definition) is 2. The fourth-order valence-corrected chi connectivity index (χ4v) is 2.76. The van der Waals surface area contributed by atoms with Crippen molar-refractivity contribution in [3.05, 3.63) is 73.7 Å². The van der Waals surface area contributed by atoms with E-state index < -0.39 is 0 Å². The fourth-order valence-electron chi connectivity index (χ4n) is 2.24. The Labute approximate surface area is 147 Å². The van der Waals surface area contributed by atoms with E-state index in [0.717, 1.165) is 11.1 Å². The second-order valence-electron chi connectivity index (χ2n) is 5.05. The first-order valence-electron chi connectivity index (χ1n) is 6.78. The molecule has 3 rings (SSSR count). The Balaban J connectivity index is 2.12. The summed E-state index contributed by atoms with van der Waals surface area (Å²) < 4.78 is 0. The number of nitrogens with zero attached hydrogens (tertiary/aromatic N) is 1. The van der Waals surface area contributed by atoms with Crippen molar-refractivity contribution in [2.24, 2.45) is 0 Å². The number of nitrogens with one attached hydrogen (secondary N) is 1. The van der Waals surface area contributed by atoms with Crippen molar-refractivity contribution in [1.29, 1.82) is 0 Å². The first kappa shape index (κ1) is 16.1. The van der Waals surface area contributed by atoms with E-state index in [-0.39, 0.29) is 5.56 Å². The van der Waals surface area contributed by atoms with Crippen molar-refractivity contribution < 1.29 is 0 Å². The van der Waals surface area contributed by atoms with Gasteiger partial charge in [0, 0.05) is 0 Å². The normalized spacial score (nSPS) is 11.9. The van der Waals surface area contributed by atoms with E-state index in [0.29, 0.717) is 31.8 Å². The molecule has 3 aromatic rings. The third kappa shape index (κ3) is 3.27. The zero-order valence-corrected chi connectivity index (χ0v) is 14.3. The van der Waals surface area contributed by atoms with Crippen LogP contribution in [-0.2, 0) is 0 Å². The van der Waals surface area contributed by atoms with Gasteiger partial charge in [-0.1, -0.05) is 53.0 Å². The third-order valence-corrected chi connectivity index (χ3v) is 4.43. The highest BCUT2D eigenvalue weighted by Gasteiger charge is 2.08. The van der Waals surface area contributed by atoms with Crippen LogP contribution in [0, 0.1) is 6.92 Å². The van der Waals surface area contributed by atoms with Crippen molar-refractivity contribution >= 4 is 56.8 Å². The molecule has 6 heteroatoms. The van der Waals surface area contributed by atoms with Crippen LogP contribution in [0.4, 0.5) is 0 Å². The summed E-state index contributed by atoms with van der Waals surface area (Å²) in [6, 6.07) is 10.6. The van der Waals surface area contributed by atoms with E-state index in [9.17, 15) is 4.79 Å². The Morgan fingerprint density at radius 1 is 1.17 bits per heavy atom. The quantitative estimate of drug-likeness (QED) is 0.672. The smallest absolute Gasteiger partial charge is 0.259 e. The fraction of sp³-hybridized carbons (Fsp3) is 0.0588. The first-order valence-corrected chi connectivity index (χ1v) is 7.91. The molecular formula is C17H11Cl3N2O. The van der Waals surface area contributed by atoms with Crippen LogP contribution in [0.5, 0.6) is 0 Å². The molecule has 0 saturated heterocycles. The molecule has 3 nitrogen and oxygen atoms in total. The van der Waals surface area contributed by atoms with Crippen LogP contribution in [0.3, 0.4) is 0 Å². The SMILES string of the molecule is Cc1cccc2c(=O)[nH]c(/C(Cl)=C/c3ccc(Cl)c(Cl)c3)nc12. The standard InChI is InChI=1S/C17H11Cl3N2O/c1-9-3-2-4-11-15(9)21-16(22-17(11)23)14(20)8-10-5-6-12(18)13(19)7-10/h2-8H,1H3,(H,21,22,23)/b14-8-. The third-order valence-electron chi connectivity index (χ3n) is 3.40. The van der Waals surface area contributed by atoms with Gasteiger partial charge in [0.2, 0.25) is 0 Å². The molecule has 0 unspecified atom stereocenters. The van der Waals surface area contributed by atoms with E-state index in [2.05, 4.69) is 9.97 Å². The van der Waals surface area contributed by atoms with Gasteiger partial charge in [-0.15, -0.1) is 0 Å². The Bertz CT molecular complexity index is 993. The van der Waals surface area contributed by atoms with Crippen molar-refractivity contribution in [3.63, 3.8) is 0 Å². The topological polar surface area (TPSA) is 45.8 Å². The number of rotatable bonds is 2. The average Bonchev–Trinajstić information content (AvgIpc) is 2.52. The molecular weight excluding hydrogens is 355 g/mol. The Morgan fingerprint density at radius 2 is 1.96 bits per heavy atom. The van der Waals surface area contributed by atoms with Crippen molar-refractivity contribution in [2.45, 2.75) is 6.92 Å². The van der Waals surface area contributed by atoms with Gasteiger partial charge < -0.3 is 4.98 Å². The maximum absolute atomic E-state index is 12.2. The maximum Gasteiger partial charge on any atom is 0.259 e. The van der Waals surface area contributed by atoms with Gasteiger partial charge in [-0.25, -0.2) is 4.98 Å². The lowest BCUT2D eigenvalue weighted by molar-refractivity contribution is 1.13. The van der Waals surface area contributed by atoms with Crippen LogP contribution in [0.15, 0.2) is 41.2 Å². The minimum atomic E-state index is -0.227. The number of hydrogen-bond donors (Lipinski definition) is 1. The number of halogens is 3. The lowest BCUT2D eigenvalue weighted by atomic mass is 10.1. The minimum Gasteiger partial charge on any atom is -0.305 e. The predicted octanol–water partition coefficient (Wildman–Crippen LogP) is 5.28. The number of aryl methyl sites for hydroxylation is 1. The largest absolute Gasteiger partial charge is 0.305 e. The summed E-state index contributed by atoms with van der Waals surface area (Å²) in [5.74, 6) is 0.310. The van der Waals surface area contributed by atoms with Gasteiger partial charge in [0.1, 0.15) is 0 Å². The van der Waals surface area contributed by atoms with Gasteiger partial charge in [-0.05, 0) is 42.3 Å². The van der Waals surface area contributed by atoms with Crippen molar-refractivity contribution in [2.75, 3.05) is 0 Å². The van der Waals surface area contributed by atoms with Crippen LogP contribution in [0.2, 0.25) is 10.0 Å². The second kappa shape index (κ2) is 6.36. The molecule has 1 heterocycles. The Kier molecular flexibility index (Phi) is 4.44. The predicted molar refractivity (Wildman–Crippen MR) is 97.3 cm³/mol. The minimum absolute atomic E-state index is 0.227. The molecule has 0 radical (unpaired) electrons. The summed E-state index contributed by atoms with van der Waals surface area (Å²) in [4.78, 5) is 19.3. The maximum atomic E-state index is 12.2. The number of para-hydroxylation sites is 1. The second-order valence-corrected chi connectivity index (χ2v) is 6.27. The van der Waals surface area contributed by atoms with Gasteiger partial charge in [-0.3, -0.25) is 4.79 Å². The molecule has 0 aliphatic heterocycles. The molecule has 0 aliphatic carbocycles. The van der Waals surface area contributed by atoms with Crippen molar-refractivity contribution in [1.82, 2.24) is 9.97 Å². The molecule has 23 heavy (non-hydrogen) atoms. The van der Waals surface area contributed by atoms with E-state index in [1.165, 1.54) is 0 Å². The molecule has 0 bridgehead atoms. The number of benzene rings is 2. The zero-order valence-electron chi connectivity index (χ0n) is 12.0. The van der Waals surface area contributed by atoms with Gasteiger partial charge >= 0.3 is 0 Å². The van der Waals surface area contributed by atoms with E-state index in [4.69, 9.17) is 34.8 Å². The van der Waals surface area contributed by atoms with Gasteiger partial charge in [0.15, 0.2) is 5.82 Å². The molecule has 0 amide bonds. The van der Waals surface area contributed by atoms with Gasteiger partial charge in [-0.2, -0.15) is 0 Å². The highest BCUT2D eigenvalue weighted by Crippen LogP contribution is 2.26. The lowest BCUT2D eigenvalue weighted by Gasteiger charge is -2.05. The van der Waals surface area contributed by atoms with E-state index in [1.54, 1.807) is 30.3 Å². The van der Waals surface area contributed by atoms with Crippen LogP contribution in [0.1, 0.15) is 17.0 Å². The summed E-state index contributed by atoms with van der Waals surface area (Å²) >= 11 is 18.2. The lowest BCUT2D eigenvalue weighted by Crippen LogP contribution is -2.11. The molecule has 0 aliphatic rings. The summed E-state index contributed by atoms with van der Waals surface area (Å²) in [5, 5.41) is 1.74. The molecule has 116 valence electrons. The van der Waals surface area contributed by atoms with E-state index in [1.807, 2.05) is 19.1 Å². The number of fused-ring (bicyclic) bond motifs is 1. The van der Waals surface area contributed by atoms with Gasteiger partial charge in [0.25, 0.3) is 5.56 Å². The molecule has 1 N–H and O–H groups in total. The Hall–Kier alpha value is -1.81. The molecule has 0 saturated carbocycles. The Morgan fingerprint density at radius 3 is 2.70 bits per heavy atom. The summed E-state index contributed by atoms with van der Waals surface area (Å²) in [5.41, 5.74) is 2.08.